The van der Waals surface area contributed by atoms with Crippen molar-refractivity contribution in [3.63, 3.8) is 0 Å². The number of nitrogens with zero attached hydrogens (tertiary/aromatic N) is 2. The number of rotatable bonds is 10. The van der Waals surface area contributed by atoms with Crippen molar-refractivity contribution in [3.05, 3.63) is 95.6 Å². The summed E-state index contributed by atoms with van der Waals surface area (Å²) in [5, 5.41) is 19.1. The molecule has 2 N–H and O–H groups in total. The monoisotopic (exact) mass is 489 g/mol. The van der Waals surface area contributed by atoms with Gasteiger partial charge in [-0.2, -0.15) is 5.10 Å². The summed E-state index contributed by atoms with van der Waals surface area (Å²) < 4.78 is 11.9. The Balaban J connectivity index is 1.49. The van der Waals surface area contributed by atoms with Crippen LogP contribution in [0.4, 0.5) is 0 Å². The van der Waals surface area contributed by atoms with Crippen molar-refractivity contribution in [2.45, 2.75) is 24.9 Å². The zero-order chi connectivity index (χ0) is 24.5. The number of hydrogen-bond acceptors (Lipinski definition) is 7. The fourth-order valence-electron chi connectivity index (χ4n) is 3.21. The first kappa shape index (κ1) is 24.0. The van der Waals surface area contributed by atoms with Gasteiger partial charge in [0, 0.05) is 5.56 Å². The van der Waals surface area contributed by atoms with Crippen LogP contribution in [0.15, 0.2) is 89.1 Å². The molecule has 0 aliphatic carbocycles. The maximum Gasteiger partial charge on any atom is 0.305 e. The maximum absolute atomic E-state index is 11.9. The third-order valence-electron chi connectivity index (χ3n) is 4.95. The molecular formula is C26H23N3O5S. The van der Waals surface area contributed by atoms with E-state index in [1.54, 1.807) is 6.07 Å². The lowest BCUT2D eigenvalue weighted by atomic mass is 10.2. The van der Waals surface area contributed by atoms with E-state index in [9.17, 15) is 9.59 Å². The fraction of sp³-hybridized carbons (Fsp3) is 0.154. The van der Waals surface area contributed by atoms with Crippen molar-refractivity contribution in [2.75, 3.05) is 0 Å². The van der Waals surface area contributed by atoms with E-state index in [0.717, 1.165) is 22.9 Å². The van der Waals surface area contributed by atoms with E-state index in [1.807, 2.05) is 72.8 Å². The number of amides is 1. The Bertz CT molecular complexity index is 1230. The van der Waals surface area contributed by atoms with Gasteiger partial charge in [-0.25, -0.2) is 0 Å². The number of carbonyl (C=O) groups is 2. The van der Waals surface area contributed by atoms with E-state index in [4.69, 9.17) is 14.6 Å². The molecule has 1 fully saturated rings. The van der Waals surface area contributed by atoms with Gasteiger partial charge in [0.2, 0.25) is 5.91 Å². The second kappa shape index (κ2) is 11.8. The van der Waals surface area contributed by atoms with Gasteiger partial charge >= 0.3 is 5.97 Å². The highest BCUT2D eigenvalue weighted by Gasteiger charge is 2.32. The Labute approximate surface area is 206 Å². The number of benzene rings is 3. The molecule has 9 heteroatoms. The Kier molecular flexibility index (Phi) is 8.13. The van der Waals surface area contributed by atoms with Gasteiger partial charge in [-0.05, 0) is 29.3 Å². The Hall–Kier alpha value is -4.11. The van der Waals surface area contributed by atoms with Gasteiger partial charge in [0.15, 0.2) is 5.17 Å². The molecule has 0 spiro atoms. The number of carboxylic acid groups (broad SMARTS) is 1. The maximum atomic E-state index is 11.9. The van der Waals surface area contributed by atoms with E-state index in [2.05, 4.69) is 15.5 Å². The summed E-state index contributed by atoms with van der Waals surface area (Å²) in [4.78, 5) is 22.8. The molecule has 178 valence electrons. The average Bonchev–Trinajstić information content (AvgIpc) is 3.21. The minimum atomic E-state index is -1.05. The Morgan fingerprint density at radius 1 is 0.971 bits per heavy atom. The molecule has 0 saturated carbocycles. The largest absolute Gasteiger partial charge is 0.489 e. The van der Waals surface area contributed by atoms with Crippen LogP contribution in [-0.2, 0) is 22.8 Å². The number of hydrogen-bond donors (Lipinski definition) is 2. The van der Waals surface area contributed by atoms with Crippen molar-refractivity contribution >= 4 is 35.0 Å². The van der Waals surface area contributed by atoms with Crippen LogP contribution >= 0.6 is 11.8 Å². The van der Waals surface area contributed by atoms with Crippen molar-refractivity contribution in [3.8, 4) is 11.5 Å². The molecule has 1 aliphatic heterocycles. The molecule has 1 saturated heterocycles. The summed E-state index contributed by atoms with van der Waals surface area (Å²) >= 11 is 1.04. The van der Waals surface area contributed by atoms with E-state index in [0.29, 0.717) is 30.3 Å². The van der Waals surface area contributed by atoms with Gasteiger partial charge in [-0.15, -0.1) is 5.10 Å². The number of aliphatic carboxylic acids is 1. The highest BCUT2D eigenvalue weighted by atomic mass is 32.2. The Morgan fingerprint density at radius 2 is 1.63 bits per heavy atom. The minimum Gasteiger partial charge on any atom is -0.489 e. The van der Waals surface area contributed by atoms with Gasteiger partial charge in [-0.3, -0.25) is 9.59 Å². The summed E-state index contributed by atoms with van der Waals surface area (Å²) in [6.07, 6.45) is 1.23. The summed E-state index contributed by atoms with van der Waals surface area (Å²) in [5.74, 6) is -0.207. The third kappa shape index (κ3) is 7.18. The molecule has 0 aromatic heterocycles. The van der Waals surface area contributed by atoms with Crippen LogP contribution in [0.2, 0.25) is 0 Å². The number of thioether (sulfide) groups is 1. The highest BCUT2D eigenvalue weighted by molar-refractivity contribution is 8.15. The first-order valence-electron chi connectivity index (χ1n) is 10.8. The lowest BCUT2D eigenvalue weighted by molar-refractivity contribution is -0.138. The zero-order valence-electron chi connectivity index (χ0n) is 18.7. The summed E-state index contributed by atoms with van der Waals surface area (Å²) in [5.41, 5.74) is 2.71. The molecule has 0 bridgehead atoms. The molecule has 1 aliphatic rings. The van der Waals surface area contributed by atoms with Gasteiger partial charge in [0.25, 0.3) is 0 Å². The molecule has 1 heterocycles. The fourth-order valence-corrected chi connectivity index (χ4v) is 4.13. The first-order chi connectivity index (χ1) is 17.1. The highest BCUT2D eigenvalue weighted by Crippen LogP contribution is 2.26. The SMILES string of the molecule is O=C(O)CC1SC(=NN=Cc2cc(OCc3ccccc3)ccc2OCc2ccccc2)NC1=O. The van der Waals surface area contributed by atoms with Crippen molar-refractivity contribution in [1.82, 2.24) is 5.32 Å². The third-order valence-corrected chi connectivity index (χ3v) is 6.02. The topological polar surface area (TPSA) is 110 Å². The van der Waals surface area contributed by atoms with Gasteiger partial charge in [-0.1, -0.05) is 72.4 Å². The van der Waals surface area contributed by atoms with Crippen LogP contribution in [0.25, 0.3) is 0 Å². The van der Waals surface area contributed by atoms with Crippen molar-refractivity contribution in [1.29, 1.82) is 0 Å². The van der Waals surface area contributed by atoms with E-state index in [1.165, 1.54) is 6.21 Å². The number of carboxylic acids is 1. The second-order valence-electron chi connectivity index (χ2n) is 7.59. The Morgan fingerprint density at radius 3 is 2.29 bits per heavy atom. The normalized spacial score (nSPS) is 16.4. The molecule has 35 heavy (non-hydrogen) atoms. The lowest BCUT2D eigenvalue weighted by Crippen LogP contribution is -2.26. The summed E-state index contributed by atoms with van der Waals surface area (Å²) in [6, 6.07) is 25.1. The van der Waals surface area contributed by atoms with E-state index >= 15 is 0 Å². The van der Waals surface area contributed by atoms with Crippen LogP contribution in [0, 0.1) is 0 Å². The van der Waals surface area contributed by atoms with Crippen LogP contribution in [0.3, 0.4) is 0 Å². The van der Waals surface area contributed by atoms with E-state index < -0.39 is 17.1 Å². The van der Waals surface area contributed by atoms with Crippen molar-refractivity contribution < 1.29 is 24.2 Å². The first-order valence-corrected chi connectivity index (χ1v) is 11.7. The molecule has 3 aromatic rings. The lowest BCUT2D eigenvalue weighted by Gasteiger charge is -2.12. The quantitative estimate of drug-likeness (QED) is 0.326. The number of carbonyl (C=O) groups excluding carboxylic acids is 1. The standard InChI is InChI=1S/C26H23N3O5S/c30-24(31)14-23-25(32)28-26(35-23)29-27-15-20-13-21(33-16-18-7-3-1-4-8-18)11-12-22(20)34-17-19-9-5-2-6-10-19/h1-13,15,23H,14,16-17H2,(H,30,31)(H,28,29,32). The zero-order valence-corrected chi connectivity index (χ0v) is 19.5. The average molecular weight is 490 g/mol. The van der Waals surface area contributed by atoms with Crippen LogP contribution in [-0.4, -0.2) is 33.6 Å². The molecule has 1 unspecified atom stereocenters. The smallest absolute Gasteiger partial charge is 0.305 e. The van der Waals surface area contributed by atoms with Crippen LogP contribution in [0.5, 0.6) is 11.5 Å². The number of ether oxygens (including phenoxy) is 2. The molecule has 0 radical (unpaired) electrons. The predicted molar refractivity (Wildman–Crippen MR) is 135 cm³/mol. The number of nitrogens with one attached hydrogen (secondary N) is 1. The second-order valence-corrected chi connectivity index (χ2v) is 8.78. The summed E-state index contributed by atoms with van der Waals surface area (Å²) in [6.45, 7) is 0.792. The molecule has 3 aromatic carbocycles. The van der Waals surface area contributed by atoms with Crippen LogP contribution < -0.4 is 14.8 Å². The van der Waals surface area contributed by atoms with Gasteiger partial charge < -0.3 is 19.9 Å². The van der Waals surface area contributed by atoms with Crippen molar-refractivity contribution in [2.24, 2.45) is 10.2 Å². The summed E-state index contributed by atoms with van der Waals surface area (Å²) in [7, 11) is 0. The molecule has 1 atom stereocenters. The molecular weight excluding hydrogens is 466 g/mol. The van der Waals surface area contributed by atoms with Crippen LogP contribution in [0.1, 0.15) is 23.1 Å². The molecule has 8 nitrogen and oxygen atoms in total. The number of amidine groups is 1. The minimum absolute atomic E-state index is 0.251. The van der Waals surface area contributed by atoms with Gasteiger partial charge in [0.1, 0.15) is 30.0 Å². The molecule has 1 amide bonds. The predicted octanol–water partition coefficient (Wildman–Crippen LogP) is 4.24. The van der Waals surface area contributed by atoms with Gasteiger partial charge in [0.05, 0.1) is 12.6 Å². The molecule has 4 rings (SSSR count). The van der Waals surface area contributed by atoms with E-state index in [-0.39, 0.29) is 11.6 Å².